The van der Waals surface area contributed by atoms with Gasteiger partial charge in [0.15, 0.2) is 0 Å². The summed E-state index contributed by atoms with van der Waals surface area (Å²) in [6.45, 7) is 16.2. The molecule has 0 heterocycles. The van der Waals surface area contributed by atoms with E-state index in [-0.39, 0.29) is 0 Å². The molecule has 0 spiro atoms. The highest BCUT2D eigenvalue weighted by Crippen LogP contribution is 2.18. The largest absolute Gasteiger partial charge is 0.378 e. The molecule has 0 radical (unpaired) electrons. The lowest BCUT2D eigenvalue weighted by atomic mass is 9.95. The average molecular weight is 415 g/mol. The highest BCUT2D eigenvalue weighted by Gasteiger charge is 2.20. The lowest BCUT2D eigenvalue weighted by Crippen LogP contribution is -2.26. The summed E-state index contributed by atoms with van der Waals surface area (Å²) in [5, 5.41) is 21.1. The maximum absolute atomic E-state index is 10.6. The van der Waals surface area contributed by atoms with Crippen molar-refractivity contribution in [1.82, 2.24) is 0 Å². The molecule has 2 N–H and O–H groups in total. The third-order valence-corrected chi connectivity index (χ3v) is 5.03. The SMILES string of the molecule is CC(C)=CCC/C(C)=C/CCC(C)(O)C#CC(C)(O)CC/C=C(\C)CCC=C(C)C. The fourth-order valence-electron chi connectivity index (χ4n) is 2.97. The Kier molecular flexibility index (Phi) is 13.7. The number of aliphatic hydroxyl groups is 2. The maximum atomic E-state index is 10.6. The van der Waals surface area contributed by atoms with Gasteiger partial charge in [0.25, 0.3) is 0 Å². The summed E-state index contributed by atoms with van der Waals surface area (Å²) in [7, 11) is 0. The Morgan fingerprint density at radius 1 is 0.600 bits per heavy atom. The van der Waals surface area contributed by atoms with Gasteiger partial charge < -0.3 is 10.2 Å². The molecular formula is C28H46O2. The van der Waals surface area contributed by atoms with Crippen LogP contribution in [0, 0.1) is 11.8 Å². The highest BCUT2D eigenvalue weighted by molar-refractivity contribution is 5.20. The monoisotopic (exact) mass is 414 g/mol. The van der Waals surface area contributed by atoms with Gasteiger partial charge >= 0.3 is 0 Å². The van der Waals surface area contributed by atoms with Gasteiger partial charge in [0.05, 0.1) is 0 Å². The van der Waals surface area contributed by atoms with Crippen molar-refractivity contribution in [3.05, 3.63) is 46.6 Å². The van der Waals surface area contributed by atoms with E-state index in [4.69, 9.17) is 0 Å². The Balaban J connectivity index is 4.53. The van der Waals surface area contributed by atoms with Crippen LogP contribution in [0.25, 0.3) is 0 Å². The van der Waals surface area contributed by atoms with E-state index in [1.807, 2.05) is 0 Å². The molecule has 0 amide bonds. The van der Waals surface area contributed by atoms with Crippen LogP contribution in [0.2, 0.25) is 0 Å². The second kappa shape index (κ2) is 14.4. The summed E-state index contributed by atoms with van der Waals surface area (Å²) < 4.78 is 0. The van der Waals surface area contributed by atoms with Crippen LogP contribution in [0.15, 0.2) is 46.6 Å². The second-order valence-electron chi connectivity index (χ2n) is 9.62. The summed E-state index contributed by atoms with van der Waals surface area (Å²) in [5.74, 6) is 5.81. The minimum Gasteiger partial charge on any atom is -0.378 e. The highest BCUT2D eigenvalue weighted by atomic mass is 16.3. The fraction of sp³-hybridized carbons (Fsp3) is 0.643. The topological polar surface area (TPSA) is 40.5 Å². The predicted molar refractivity (Wildman–Crippen MR) is 132 cm³/mol. The van der Waals surface area contributed by atoms with Crippen molar-refractivity contribution in [2.75, 3.05) is 0 Å². The third kappa shape index (κ3) is 17.3. The molecule has 0 fully saturated rings. The molecule has 0 aromatic carbocycles. The Labute approximate surface area is 186 Å². The Morgan fingerprint density at radius 3 is 1.23 bits per heavy atom. The molecule has 0 saturated heterocycles. The molecule has 0 aromatic rings. The summed E-state index contributed by atoms with van der Waals surface area (Å²) >= 11 is 0. The van der Waals surface area contributed by atoms with E-state index < -0.39 is 11.2 Å². The predicted octanol–water partition coefficient (Wildman–Crippen LogP) is 7.44. The lowest BCUT2D eigenvalue weighted by Gasteiger charge is -2.19. The molecule has 2 unspecified atom stereocenters. The molecule has 30 heavy (non-hydrogen) atoms. The normalized spacial score (nSPS) is 16.1. The molecule has 0 bridgehead atoms. The summed E-state index contributed by atoms with van der Waals surface area (Å²) in [6, 6.07) is 0. The molecule has 0 aliphatic heterocycles. The van der Waals surface area contributed by atoms with Gasteiger partial charge in [-0.1, -0.05) is 58.4 Å². The molecule has 0 aliphatic rings. The van der Waals surface area contributed by atoms with E-state index >= 15 is 0 Å². The van der Waals surface area contributed by atoms with Crippen LogP contribution in [-0.4, -0.2) is 21.4 Å². The molecule has 2 nitrogen and oxygen atoms in total. The number of hydrogen-bond donors (Lipinski definition) is 2. The number of rotatable bonds is 12. The van der Waals surface area contributed by atoms with E-state index in [0.29, 0.717) is 12.8 Å². The zero-order valence-electron chi connectivity index (χ0n) is 20.9. The van der Waals surface area contributed by atoms with E-state index in [1.165, 1.54) is 22.3 Å². The first-order valence-corrected chi connectivity index (χ1v) is 11.4. The fourth-order valence-corrected chi connectivity index (χ4v) is 2.97. The van der Waals surface area contributed by atoms with E-state index in [1.54, 1.807) is 13.8 Å². The van der Waals surface area contributed by atoms with Crippen molar-refractivity contribution in [2.24, 2.45) is 0 Å². The average Bonchev–Trinajstić information content (AvgIpc) is 2.59. The van der Waals surface area contributed by atoms with Crippen LogP contribution in [0.3, 0.4) is 0 Å². The van der Waals surface area contributed by atoms with Crippen LogP contribution in [0.1, 0.15) is 107 Å². The summed E-state index contributed by atoms with van der Waals surface area (Å²) in [6.07, 6.45) is 15.8. The summed E-state index contributed by atoms with van der Waals surface area (Å²) in [5.41, 5.74) is 3.21. The molecule has 0 aromatic heterocycles. The van der Waals surface area contributed by atoms with E-state index in [9.17, 15) is 10.2 Å². The molecule has 0 rings (SSSR count). The first-order valence-electron chi connectivity index (χ1n) is 11.4. The molecule has 2 atom stereocenters. The minimum atomic E-state index is -1.09. The van der Waals surface area contributed by atoms with Gasteiger partial charge in [-0.3, -0.25) is 0 Å². The van der Waals surface area contributed by atoms with Gasteiger partial charge in [-0.15, -0.1) is 0 Å². The third-order valence-electron chi connectivity index (χ3n) is 5.03. The quantitative estimate of drug-likeness (QED) is 0.257. The van der Waals surface area contributed by atoms with Crippen molar-refractivity contribution >= 4 is 0 Å². The van der Waals surface area contributed by atoms with Crippen molar-refractivity contribution in [3.63, 3.8) is 0 Å². The van der Waals surface area contributed by atoms with Crippen molar-refractivity contribution < 1.29 is 10.2 Å². The zero-order chi connectivity index (χ0) is 23.2. The van der Waals surface area contributed by atoms with Crippen LogP contribution in [-0.2, 0) is 0 Å². The van der Waals surface area contributed by atoms with Crippen LogP contribution in [0.4, 0.5) is 0 Å². The maximum Gasteiger partial charge on any atom is 0.123 e. The van der Waals surface area contributed by atoms with E-state index in [0.717, 1.165) is 38.5 Å². The van der Waals surface area contributed by atoms with Crippen LogP contribution in [0.5, 0.6) is 0 Å². The van der Waals surface area contributed by atoms with Crippen LogP contribution >= 0.6 is 0 Å². The van der Waals surface area contributed by atoms with Gasteiger partial charge in [0.2, 0.25) is 0 Å². The van der Waals surface area contributed by atoms with Crippen molar-refractivity contribution in [1.29, 1.82) is 0 Å². The van der Waals surface area contributed by atoms with Gasteiger partial charge in [-0.05, 0) is 107 Å². The van der Waals surface area contributed by atoms with Gasteiger partial charge in [0.1, 0.15) is 11.2 Å². The standard InChI is InChI=1S/C28H46O2/c1-23(2)13-9-15-25(5)17-11-19-27(7,29)21-22-28(8,30)20-12-18-26(6)16-10-14-24(3)4/h13-14,17-18,29-30H,9-12,15-16,19-20H2,1-8H3/b25-17+,26-18+. The van der Waals surface area contributed by atoms with Crippen molar-refractivity contribution in [3.8, 4) is 11.8 Å². The zero-order valence-corrected chi connectivity index (χ0v) is 20.9. The van der Waals surface area contributed by atoms with Gasteiger partial charge in [-0.2, -0.15) is 0 Å². The Hall–Kier alpha value is -1.56. The first kappa shape index (κ1) is 28.4. The number of hydrogen-bond acceptors (Lipinski definition) is 2. The molecule has 0 saturated carbocycles. The van der Waals surface area contributed by atoms with Gasteiger partial charge in [0, 0.05) is 0 Å². The Bertz CT molecular complexity index is 622. The molecule has 170 valence electrons. The van der Waals surface area contributed by atoms with Gasteiger partial charge in [-0.25, -0.2) is 0 Å². The minimum absolute atomic E-state index is 0.569. The lowest BCUT2D eigenvalue weighted by molar-refractivity contribution is 0.101. The molecule has 2 heteroatoms. The Morgan fingerprint density at radius 2 is 0.933 bits per heavy atom. The van der Waals surface area contributed by atoms with E-state index in [2.05, 4.69) is 77.7 Å². The summed E-state index contributed by atoms with van der Waals surface area (Å²) in [4.78, 5) is 0. The van der Waals surface area contributed by atoms with Crippen LogP contribution < -0.4 is 0 Å². The number of allylic oxidation sites excluding steroid dienone is 8. The molecular weight excluding hydrogens is 368 g/mol. The smallest absolute Gasteiger partial charge is 0.123 e. The first-order chi connectivity index (χ1) is 13.8. The van der Waals surface area contributed by atoms with Crippen molar-refractivity contribution in [2.45, 2.75) is 118 Å². The molecule has 0 aliphatic carbocycles. The second-order valence-corrected chi connectivity index (χ2v) is 9.62.